The predicted molar refractivity (Wildman–Crippen MR) is 83.6 cm³/mol. The molecule has 0 unspecified atom stereocenters. The highest BCUT2D eigenvalue weighted by Gasteiger charge is 2.34. The molecule has 1 saturated heterocycles. The normalized spacial score (nSPS) is 19.7. The second-order valence-corrected chi connectivity index (χ2v) is 7.90. The van der Waals surface area contributed by atoms with Crippen LogP contribution in [0, 0.1) is 0 Å². The van der Waals surface area contributed by atoms with E-state index in [0.29, 0.717) is 12.2 Å². The molecule has 2 heterocycles. The third-order valence-electron chi connectivity index (χ3n) is 3.78. The number of urea groups is 1. The van der Waals surface area contributed by atoms with Gasteiger partial charge >= 0.3 is 6.03 Å². The van der Waals surface area contributed by atoms with Crippen molar-refractivity contribution in [2.45, 2.75) is 38.8 Å². The van der Waals surface area contributed by atoms with Gasteiger partial charge in [0, 0.05) is 18.7 Å². The Kier molecular flexibility index (Phi) is 6.00. The van der Waals surface area contributed by atoms with Gasteiger partial charge in [-0.25, -0.2) is 13.2 Å². The van der Waals surface area contributed by atoms with Gasteiger partial charge in [0.05, 0.1) is 30.4 Å². The minimum atomic E-state index is -3.09. The molecule has 2 rings (SSSR count). The molecule has 0 aromatic carbocycles. The van der Waals surface area contributed by atoms with Gasteiger partial charge in [-0.15, -0.1) is 0 Å². The first-order valence-electron chi connectivity index (χ1n) is 7.75. The number of amides is 2. The van der Waals surface area contributed by atoms with E-state index in [2.05, 4.69) is 10.5 Å². The molecule has 1 fully saturated rings. The van der Waals surface area contributed by atoms with E-state index >= 15 is 0 Å². The van der Waals surface area contributed by atoms with Gasteiger partial charge in [-0.2, -0.15) is 0 Å². The maximum absolute atomic E-state index is 12.3. The van der Waals surface area contributed by atoms with Gasteiger partial charge < -0.3 is 19.8 Å². The Morgan fingerprint density at radius 2 is 2.35 bits per heavy atom. The summed E-state index contributed by atoms with van der Waals surface area (Å²) in [4.78, 5) is 13.7. The van der Waals surface area contributed by atoms with Crippen molar-refractivity contribution < 1.29 is 22.8 Å². The molecule has 23 heavy (non-hydrogen) atoms. The van der Waals surface area contributed by atoms with Crippen LogP contribution in [0.1, 0.15) is 31.2 Å². The Morgan fingerprint density at radius 3 is 2.96 bits per heavy atom. The van der Waals surface area contributed by atoms with Gasteiger partial charge in [0.1, 0.15) is 0 Å². The van der Waals surface area contributed by atoms with E-state index in [-0.39, 0.29) is 31.2 Å². The summed E-state index contributed by atoms with van der Waals surface area (Å²) in [6.45, 7) is 2.10. The molecule has 1 aliphatic rings. The van der Waals surface area contributed by atoms with Crippen molar-refractivity contribution >= 4 is 15.9 Å². The number of aromatic nitrogens is 1. The zero-order valence-electron chi connectivity index (χ0n) is 13.2. The van der Waals surface area contributed by atoms with E-state index in [1.165, 1.54) is 4.90 Å². The number of hydrogen-bond donors (Lipinski definition) is 2. The lowest BCUT2D eigenvalue weighted by Gasteiger charge is -2.27. The van der Waals surface area contributed by atoms with Crippen molar-refractivity contribution in [1.29, 1.82) is 0 Å². The highest BCUT2D eigenvalue weighted by molar-refractivity contribution is 7.91. The molecule has 0 spiro atoms. The quantitative estimate of drug-likeness (QED) is 0.736. The molecule has 0 bridgehead atoms. The lowest BCUT2D eigenvalue weighted by molar-refractivity contribution is 0.156. The minimum absolute atomic E-state index is 0.0522. The van der Waals surface area contributed by atoms with Gasteiger partial charge in [-0.1, -0.05) is 18.5 Å². The second kappa shape index (κ2) is 7.78. The van der Waals surface area contributed by atoms with Crippen LogP contribution < -0.4 is 5.32 Å². The molecule has 1 aliphatic heterocycles. The Balaban J connectivity index is 1.92. The smallest absolute Gasteiger partial charge is 0.318 e. The number of nitrogens with one attached hydrogen (secondary N) is 1. The number of carbonyl (C=O) groups excluding carboxylic acids is 1. The zero-order valence-corrected chi connectivity index (χ0v) is 14.0. The van der Waals surface area contributed by atoms with Crippen molar-refractivity contribution in [3.8, 4) is 0 Å². The van der Waals surface area contributed by atoms with Crippen molar-refractivity contribution in [3.63, 3.8) is 0 Å². The van der Waals surface area contributed by atoms with E-state index in [0.717, 1.165) is 18.5 Å². The number of carbonyl (C=O) groups is 1. The zero-order chi connectivity index (χ0) is 16.9. The fourth-order valence-corrected chi connectivity index (χ4v) is 4.39. The molecule has 9 heteroatoms. The van der Waals surface area contributed by atoms with Gasteiger partial charge in [0.15, 0.2) is 15.6 Å². The molecule has 130 valence electrons. The second-order valence-electron chi connectivity index (χ2n) is 5.67. The molecule has 2 N–H and O–H groups in total. The Labute approximate surface area is 135 Å². The van der Waals surface area contributed by atoms with E-state index in [1.54, 1.807) is 6.07 Å². The summed E-state index contributed by atoms with van der Waals surface area (Å²) in [5.41, 5.74) is 0.839. The Bertz CT molecular complexity index is 628. The Morgan fingerprint density at radius 1 is 1.57 bits per heavy atom. The molecule has 0 saturated carbocycles. The van der Waals surface area contributed by atoms with Crippen LogP contribution in [-0.4, -0.2) is 60.3 Å². The molecular formula is C14H23N3O5S. The number of sulfone groups is 1. The SMILES string of the molecule is CCCc1cc(CNC(=O)N(CCO)[C@@H]2CCS(=O)(=O)C2)on1. The molecule has 1 aromatic heterocycles. The first-order valence-corrected chi connectivity index (χ1v) is 9.57. The van der Waals surface area contributed by atoms with Crippen LogP contribution in [0.15, 0.2) is 10.6 Å². The molecule has 8 nitrogen and oxygen atoms in total. The van der Waals surface area contributed by atoms with E-state index < -0.39 is 21.9 Å². The van der Waals surface area contributed by atoms with Gasteiger partial charge in [0.25, 0.3) is 0 Å². The van der Waals surface area contributed by atoms with Crippen LogP contribution >= 0.6 is 0 Å². The van der Waals surface area contributed by atoms with E-state index in [4.69, 9.17) is 9.63 Å². The maximum Gasteiger partial charge on any atom is 0.318 e. The maximum atomic E-state index is 12.3. The van der Waals surface area contributed by atoms with Crippen LogP contribution in [0.4, 0.5) is 4.79 Å². The third-order valence-corrected chi connectivity index (χ3v) is 5.53. The first kappa shape index (κ1) is 17.7. The highest BCUT2D eigenvalue weighted by atomic mass is 32.2. The third kappa shape index (κ3) is 4.93. The summed E-state index contributed by atoms with van der Waals surface area (Å²) in [7, 11) is -3.09. The summed E-state index contributed by atoms with van der Waals surface area (Å²) in [5.74, 6) is 0.573. The summed E-state index contributed by atoms with van der Waals surface area (Å²) in [6, 6.07) is 0.993. The number of aliphatic hydroxyl groups excluding tert-OH is 1. The number of aryl methyl sites for hydroxylation is 1. The van der Waals surface area contributed by atoms with E-state index in [9.17, 15) is 13.2 Å². The summed E-state index contributed by atoms with van der Waals surface area (Å²) in [6.07, 6.45) is 2.17. The summed E-state index contributed by atoms with van der Waals surface area (Å²) < 4.78 is 28.3. The van der Waals surface area contributed by atoms with Crippen LogP contribution in [0.3, 0.4) is 0 Å². The van der Waals surface area contributed by atoms with Crippen LogP contribution in [-0.2, 0) is 22.8 Å². The van der Waals surface area contributed by atoms with Crippen LogP contribution in [0.2, 0.25) is 0 Å². The number of hydrogen-bond acceptors (Lipinski definition) is 6. The largest absolute Gasteiger partial charge is 0.395 e. The van der Waals surface area contributed by atoms with Gasteiger partial charge in [-0.3, -0.25) is 0 Å². The number of nitrogens with zero attached hydrogens (tertiary/aromatic N) is 2. The van der Waals surface area contributed by atoms with Gasteiger partial charge in [0.2, 0.25) is 0 Å². The van der Waals surface area contributed by atoms with Crippen LogP contribution in [0.25, 0.3) is 0 Å². The topological polar surface area (TPSA) is 113 Å². The molecule has 1 aromatic rings. The van der Waals surface area contributed by atoms with Gasteiger partial charge in [-0.05, 0) is 12.8 Å². The molecule has 0 radical (unpaired) electrons. The monoisotopic (exact) mass is 345 g/mol. The van der Waals surface area contributed by atoms with E-state index in [1.807, 2.05) is 6.92 Å². The standard InChI is InChI=1S/C14H23N3O5S/c1-2-3-11-8-13(22-16-11)9-15-14(19)17(5-6-18)12-4-7-23(20,21)10-12/h8,12,18H,2-7,9-10H2,1H3,(H,15,19)/t12-/m1/s1. The Hall–Kier alpha value is -1.61. The van der Waals surface area contributed by atoms with Crippen molar-refractivity contribution in [2.24, 2.45) is 0 Å². The lowest BCUT2D eigenvalue weighted by Crippen LogP contribution is -2.47. The minimum Gasteiger partial charge on any atom is -0.395 e. The molecule has 2 amide bonds. The molecule has 0 aliphatic carbocycles. The number of aliphatic hydroxyl groups is 1. The van der Waals surface area contributed by atoms with Crippen molar-refractivity contribution in [1.82, 2.24) is 15.4 Å². The van der Waals surface area contributed by atoms with Crippen LogP contribution in [0.5, 0.6) is 0 Å². The van der Waals surface area contributed by atoms with Crippen molar-refractivity contribution in [3.05, 3.63) is 17.5 Å². The average molecular weight is 345 g/mol. The summed E-state index contributed by atoms with van der Waals surface area (Å²) >= 11 is 0. The highest BCUT2D eigenvalue weighted by Crippen LogP contribution is 2.18. The van der Waals surface area contributed by atoms with Crippen molar-refractivity contribution in [2.75, 3.05) is 24.7 Å². The number of rotatable bonds is 7. The lowest BCUT2D eigenvalue weighted by atomic mass is 10.2. The molecular weight excluding hydrogens is 322 g/mol. The molecule has 1 atom stereocenters. The first-order chi connectivity index (χ1) is 10.9. The fourth-order valence-electron chi connectivity index (χ4n) is 2.66. The fraction of sp³-hybridized carbons (Fsp3) is 0.714. The predicted octanol–water partition coefficient (Wildman–Crippen LogP) is 0.318. The summed E-state index contributed by atoms with van der Waals surface area (Å²) in [5, 5.41) is 15.7. The average Bonchev–Trinajstić information content (AvgIpc) is 3.09.